The first-order valence-corrected chi connectivity index (χ1v) is 8.68. The molecule has 0 radical (unpaired) electrons. The average molecular weight is 349 g/mol. The number of amides is 1. The van der Waals surface area contributed by atoms with Crippen LogP contribution in [-0.2, 0) is 4.79 Å². The van der Waals surface area contributed by atoms with Gasteiger partial charge in [-0.2, -0.15) is 0 Å². The lowest BCUT2D eigenvalue weighted by Gasteiger charge is -2.14. The molecule has 1 aliphatic heterocycles. The van der Waals surface area contributed by atoms with E-state index in [0.29, 0.717) is 24.5 Å². The van der Waals surface area contributed by atoms with E-state index in [9.17, 15) is 4.79 Å². The Morgan fingerprint density at radius 3 is 2.73 bits per heavy atom. The molecule has 4 rings (SSSR count). The highest BCUT2D eigenvalue weighted by Crippen LogP contribution is 2.24. The van der Waals surface area contributed by atoms with Crippen molar-refractivity contribution in [1.29, 1.82) is 0 Å². The van der Waals surface area contributed by atoms with E-state index in [0.717, 1.165) is 24.2 Å². The molecule has 0 aromatic carbocycles. The van der Waals surface area contributed by atoms with Crippen molar-refractivity contribution in [2.75, 3.05) is 13.1 Å². The zero-order chi connectivity index (χ0) is 17.9. The highest BCUT2D eigenvalue weighted by atomic mass is 16.2. The van der Waals surface area contributed by atoms with Crippen LogP contribution >= 0.6 is 0 Å². The van der Waals surface area contributed by atoms with E-state index in [4.69, 9.17) is 0 Å². The van der Waals surface area contributed by atoms with Gasteiger partial charge in [0.15, 0.2) is 5.82 Å². The number of rotatable bonds is 5. The molecule has 132 valence electrons. The predicted octanol–water partition coefficient (Wildman–Crippen LogP) is 1.98. The lowest BCUT2D eigenvalue weighted by atomic mass is 10.2. The highest BCUT2D eigenvalue weighted by molar-refractivity contribution is 5.78. The van der Waals surface area contributed by atoms with E-state index < -0.39 is 0 Å². The first kappa shape index (κ1) is 16.3. The van der Waals surface area contributed by atoms with E-state index in [1.807, 2.05) is 29.3 Å². The largest absolute Gasteiger partial charge is 0.340 e. The molecule has 3 aromatic heterocycles. The Bertz CT molecular complexity index is 891. The first-order chi connectivity index (χ1) is 12.7. The predicted molar refractivity (Wildman–Crippen MR) is 94.8 cm³/mol. The summed E-state index contributed by atoms with van der Waals surface area (Å²) in [6.45, 7) is 3.55. The zero-order valence-electron chi connectivity index (χ0n) is 14.5. The summed E-state index contributed by atoms with van der Waals surface area (Å²) in [6.07, 6.45) is 8.43. The third-order valence-corrected chi connectivity index (χ3v) is 4.41. The van der Waals surface area contributed by atoms with Gasteiger partial charge in [0.25, 0.3) is 0 Å². The molecule has 1 fully saturated rings. The van der Waals surface area contributed by atoms with Crippen LogP contribution in [0, 0.1) is 0 Å². The maximum absolute atomic E-state index is 12.0. The summed E-state index contributed by atoms with van der Waals surface area (Å²) in [5.74, 6) is 0.746. The van der Waals surface area contributed by atoms with Crippen molar-refractivity contribution >= 4 is 5.91 Å². The summed E-state index contributed by atoms with van der Waals surface area (Å²) < 4.78 is 1.77. The lowest BCUT2D eigenvalue weighted by Crippen LogP contribution is -2.26. The number of nitrogens with zero attached hydrogens (tertiary/aromatic N) is 7. The van der Waals surface area contributed by atoms with Crippen LogP contribution in [-0.4, -0.2) is 53.8 Å². The fourth-order valence-corrected chi connectivity index (χ4v) is 3.09. The van der Waals surface area contributed by atoms with Gasteiger partial charge >= 0.3 is 0 Å². The summed E-state index contributed by atoms with van der Waals surface area (Å²) in [5, 5.41) is 8.42. The molecule has 26 heavy (non-hydrogen) atoms. The first-order valence-electron chi connectivity index (χ1n) is 8.68. The normalized spacial score (nSPS) is 17.0. The van der Waals surface area contributed by atoms with Gasteiger partial charge in [-0.1, -0.05) is 18.2 Å². The Labute approximate surface area is 150 Å². The molecule has 0 saturated carbocycles. The molecular formula is C18H19N7O. The highest BCUT2D eigenvalue weighted by Gasteiger charge is 2.31. The maximum atomic E-state index is 12.0. The second-order valence-electron chi connectivity index (χ2n) is 6.29. The van der Waals surface area contributed by atoms with Crippen molar-refractivity contribution in [3.8, 4) is 22.8 Å². The monoisotopic (exact) mass is 349 g/mol. The molecule has 0 bridgehead atoms. The van der Waals surface area contributed by atoms with Crippen molar-refractivity contribution in [1.82, 2.24) is 34.8 Å². The van der Waals surface area contributed by atoms with Gasteiger partial charge in [0.1, 0.15) is 11.4 Å². The van der Waals surface area contributed by atoms with Gasteiger partial charge in [-0.15, -0.1) is 5.10 Å². The van der Waals surface area contributed by atoms with E-state index >= 15 is 0 Å². The topological polar surface area (TPSA) is 89.7 Å². The third-order valence-electron chi connectivity index (χ3n) is 4.41. The van der Waals surface area contributed by atoms with E-state index in [1.54, 1.807) is 23.3 Å². The van der Waals surface area contributed by atoms with Crippen LogP contribution in [0.5, 0.6) is 0 Å². The summed E-state index contributed by atoms with van der Waals surface area (Å²) in [5.41, 5.74) is 2.20. The number of pyridine rings is 1. The summed E-state index contributed by atoms with van der Waals surface area (Å²) >= 11 is 0. The van der Waals surface area contributed by atoms with Crippen LogP contribution in [0.2, 0.25) is 0 Å². The molecule has 0 aliphatic carbocycles. The Kier molecular flexibility index (Phi) is 4.39. The van der Waals surface area contributed by atoms with E-state index in [-0.39, 0.29) is 11.9 Å². The molecule has 3 aromatic rings. The van der Waals surface area contributed by atoms with Crippen LogP contribution in [0.25, 0.3) is 22.8 Å². The Hall–Kier alpha value is -3.16. The van der Waals surface area contributed by atoms with Crippen molar-refractivity contribution < 1.29 is 4.79 Å². The quantitative estimate of drug-likeness (QED) is 0.700. The van der Waals surface area contributed by atoms with Gasteiger partial charge < -0.3 is 4.90 Å². The maximum Gasteiger partial charge on any atom is 0.224 e. The van der Waals surface area contributed by atoms with Crippen LogP contribution in [0.4, 0.5) is 0 Å². The standard InChI is InChI=1S/C18H19N7O/c1-2-7-24-11-14(8-17(24)26)25-12-16(22-23-25)13-9-20-18(21-10-13)15-5-3-4-6-19-15/h3-6,9-10,12,14H,2,7-8,11H2,1H3/t14-/m0/s1. The van der Waals surface area contributed by atoms with Crippen LogP contribution in [0.15, 0.2) is 43.0 Å². The third kappa shape index (κ3) is 3.17. The molecule has 0 spiro atoms. The molecule has 4 heterocycles. The van der Waals surface area contributed by atoms with Gasteiger partial charge in [-0.25, -0.2) is 14.6 Å². The van der Waals surface area contributed by atoms with Crippen molar-refractivity contribution in [3.63, 3.8) is 0 Å². The van der Waals surface area contributed by atoms with Crippen molar-refractivity contribution in [2.45, 2.75) is 25.8 Å². The smallest absolute Gasteiger partial charge is 0.224 e. The molecule has 0 unspecified atom stereocenters. The zero-order valence-corrected chi connectivity index (χ0v) is 14.5. The molecule has 1 aliphatic rings. The number of likely N-dealkylation sites (tertiary alicyclic amines) is 1. The van der Waals surface area contributed by atoms with Crippen LogP contribution in [0.1, 0.15) is 25.8 Å². The number of carbonyl (C=O) groups is 1. The van der Waals surface area contributed by atoms with Crippen LogP contribution in [0.3, 0.4) is 0 Å². The van der Waals surface area contributed by atoms with E-state index in [2.05, 4.69) is 32.2 Å². The molecule has 1 saturated heterocycles. The Morgan fingerprint density at radius 2 is 2.00 bits per heavy atom. The summed E-state index contributed by atoms with van der Waals surface area (Å²) in [6, 6.07) is 5.65. The average Bonchev–Trinajstić information content (AvgIpc) is 3.30. The minimum Gasteiger partial charge on any atom is -0.340 e. The molecule has 1 amide bonds. The van der Waals surface area contributed by atoms with Crippen molar-refractivity contribution in [3.05, 3.63) is 43.0 Å². The minimum absolute atomic E-state index is 0.0315. The van der Waals surface area contributed by atoms with Gasteiger partial charge in [0.05, 0.1) is 18.7 Å². The molecular weight excluding hydrogens is 330 g/mol. The van der Waals surface area contributed by atoms with Crippen LogP contribution < -0.4 is 0 Å². The molecule has 1 atom stereocenters. The van der Waals surface area contributed by atoms with Gasteiger partial charge in [0, 0.05) is 37.2 Å². The number of hydrogen-bond donors (Lipinski definition) is 0. The minimum atomic E-state index is 0.0315. The summed E-state index contributed by atoms with van der Waals surface area (Å²) in [7, 11) is 0. The van der Waals surface area contributed by atoms with Gasteiger partial charge in [-0.3, -0.25) is 9.78 Å². The van der Waals surface area contributed by atoms with Gasteiger partial charge in [0.2, 0.25) is 5.91 Å². The van der Waals surface area contributed by atoms with Crippen molar-refractivity contribution in [2.24, 2.45) is 0 Å². The lowest BCUT2D eigenvalue weighted by molar-refractivity contribution is -0.127. The second kappa shape index (κ2) is 6.99. The number of hydrogen-bond acceptors (Lipinski definition) is 6. The molecule has 8 nitrogen and oxygen atoms in total. The second-order valence-corrected chi connectivity index (χ2v) is 6.29. The summed E-state index contributed by atoms with van der Waals surface area (Å²) in [4.78, 5) is 26.9. The van der Waals surface area contributed by atoms with E-state index in [1.165, 1.54) is 0 Å². The Balaban J connectivity index is 1.51. The Morgan fingerprint density at radius 1 is 1.15 bits per heavy atom. The van der Waals surface area contributed by atoms with Gasteiger partial charge in [-0.05, 0) is 18.6 Å². The number of carbonyl (C=O) groups excluding carboxylic acids is 1. The fraction of sp³-hybridized carbons (Fsp3) is 0.333. The molecule has 0 N–H and O–H groups in total. The SMILES string of the molecule is CCCN1C[C@@H](n2cc(-c3cnc(-c4ccccn4)nc3)nn2)CC1=O. The number of aromatic nitrogens is 6. The molecule has 8 heteroatoms. The fourth-order valence-electron chi connectivity index (χ4n) is 3.09.